The first-order valence-electron chi connectivity index (χ1n) is 8.20. The third-order valence-corrected chi connectivity index (χ3v) is 4.67. The molecule has 25 heavy (non-hydrogen) atoms. The van der Waals surface area contributed by atoms with Gasteiger partial charge in [-0.3, -0.25) is 10.1 Å². The first-order valence-corrected chi connectivity index (χ1v) is 8.20. The van der Waals surface area contributed by atoms with Crippen LogP contribution >= 0.6 is 0 Å². The van der Waals surface area contributed by atoms with Gasteiger partial charge >= 0.3 is 0 Å². The van der Waals surface area contributed by atoms with Crippen LogP contribution in [0.1, 0.15) is 31.9 Å². The number of anilines is 1. The number of allylic oxidation sites excluding steroid dienone is 1. The molecule has 0 atom stereocenters. The van der Waals surface area contributed by atoms with Crippen molar-refractivity contribution in [1.82, 2.24) is 0 Å². The predicted molar refractivity (Wildman–Crippen MR) is 100 cm³/mol. The zero-order valence-corrected chi connectivity index (χ0v) is 14.9. The highest BCUT2D eigenvalue weighted by atomic mass is 16.6. The van der Waals surface area contributed by atoms with Crippen LogP contribution < -0.4 is 9.64 Å². The van der Waals surface area contributed by atoms with E-state index < -0.39 is 0 Å². The van der Waals surface area contributed by atoms with Crippen molar-refractivity contribution in [1.29, 1.82) is 0 Å². The SMILES string of the molecule is COc1ccc2c(c1)C(C)=CC(C)(C)N2Cc1ccc([N+](=O)[O-])cc1. The molecule has 5 heteroatoms. The maximum absolute atomic E-state index is 10.8. The molecular weight excluding hydrogens is 316 g/mol. The van der Waals surface area contributed by atoms with Crippen molar-refractivity contribution in [3.8, 4) is 5.75 Å². The summed E-state index contributed by atoms with van der Waals surface area (Å²) in [6.45, 7) is 7.14. The fourth-order valence-electron chi connectivity index (χ4n) is 3.38. The molecule has 5 nitrogen and oxygen atoms in total. The molecule has 0 unspecified atom stereocenters. The Morgan fingerprint density at radius 2 is 1.84 bits per heavy atom. The fourth-order valence-corrected chi connectivity index (χ4v) is 3.38. The lowest BCUT2D eigenvalue weighted by atomic mass is 9.88. The Morgan fingerprint density at radius 1 is 1.16 bits per heavy atom. The normalized spacial score (nSPS) is 15.4. The lowest BCUT2D eigenvalue weighted by Crippen LogP contribution is -2.44. The fraction of sp³-hybridized carbons (Fsp3) is 0.300. The zero-order chi connectivity index (χ0) is 18.2. The number of benzene rings is 2. The van der Waals surface area contributed by atoms with Gasteiger partial charge in [-0.1, -0.05) is 18.2 Å². The lowest BCUT2D eigenvalue weighted by molar-refractivity contribution is -0.384. The summed E-state index contributed by atoms with van der Waals surface area (Å²) in [7, 11) is 1.67. The third kappa shape index (κ3) is 3.22. The number of nitro benzene ring substituents is 1. The minimum absolute atomic E-state index is 0.113. The molecule has 0 aromatic heterocycles. The summed E-state index contributed by atoms with van der Waals surface area (Å²) < 4.78 is 5.36. The van der Waals surface area contributed by atoms with Crippen LogP contribution in [-0.2, 0) is 6.54 Å². The summed E-state index contributed by atoms with van der Waals surface area (Å²) in [5.74, 6) is 0.835. The van der Waals surface area contributed by atoms with E-state index in [1.807, 2.05) is 18.2 Å². The van der Waals surface area contributed by atoms with E-state index in [4.69, 9.17) is 4.74 Å². The van der Waals surface area contributed by atoms with Crippen LogP contribution in [0.15, 0.2) is 48.5 Å². The van der Waals surface area contributed by atoms with Crippen molar-refractivity contribution in [2.24, 2.45) is 0 Å². The van der Waals surface area contributed by atoms with Gasteiger partial charge in [-0.2, -0.15) is 0 Å². The molecular formula is C20H22N2O3. The van der Waals surface area contributed by atoms with Gasteiger partial charge in [0.2, 0.25) is 0 Å². The van der Waals surface area contributed by atoms with Gasteiger partial charge in [-0.25, -0.2) is 0 Å². The van der Waals surface area contributed by atoms with Gasteiger partial charge in [0.1, 0.15) is 5.75 Å². The van der Waals surface area contributed by atoms with E-state index in [2.05, 4.69) is 43.9 Å². The smallest absolute Gasteiger partial charge is 0.269 e. The summed E-state index contributed by atoms with van der Waals surface area (Å²) in [4.78, 5) is 12.8. The van der Waals surface area contributed by atoms with Crippen molar-refractivity contribution in [2.75, 3.05) is 12.0 Å². The summed E-state index contributed by atoms with van der Waals surface area (Å²) in [5, 5.41) is 10.8. The van der Waals surface area contributed by atoms with Crippen molar-refractivity contribution in [3.63, 3.8) is 0 Å². The molecule has 0 bridgehead atoms. The molecule has 0 N–H and O–H groups in total. The second-order valence-electron chi connectivity index (χ2n) is 6.87. The average Bonchev–Trinajstić information content (AvgIpc) is 2.58. The highest BCUT2D eigenvalue weighted by Crippen LogP contribution is 2.41. The topological polar surface area (TPSA) is 55.6 Å². The summed E-state index contributed by atoms with van der Waals surface area (Å²) in [5.41, 5.74) is 4.51. The molecule has 0 radical (unpaired) electrons. The molecule has 0 saturated heterocycles. The van der Waals surface area contributed by atoms with Crippen LogP contribution in [0.2, 0.25) is 0 Å². The van der Waals surface area contributed by atoms with E-state index in [-0.39, 0.29) is 16.1 Å². The van der Waals surface area contributed by atoms with Crippen molar-refractivity contribution < 1.29 is 9.66 Å². The molecule has 130 valence electrons. The van der Waals surface area contributed by atoms with Gasteiger partial charge in [0.15, 0.2) is 0 Å². The Labute approximate surface area is 147 Å². The molecule has 2 aromatic carbocycles. The standard InChI is InChI=1S/C20H22N2O3/c1-14-12-20(2,3)21(19-10-9-17(25-4)11-18(14)19)13-15-5-7-16(8-6-15)22(23)24/h5-12H,13H2,1-4H3. The number of fused-ring (bicyclic) bond motifs is 1. The Kier molecular flexibility index (Phi) is 4.25. The van der Waals surface area contributed by atoms with Crippen molar-refractivity contribution >= 4 is 16.9 Å². The molecule has 0 spiro atoms. The number of ether oxygens (including phenoxy) is 1. The van der Waals surface area contributed by atoms with E-state index in [9.17, 15) is 10.1 Å². The van der Waals surface area contributed by atoms with E-state index in [1.54, 1.807) is 19.2 Å². The number of nitro groups is 1. The Bertz CT molecular complexity index is 839. The van der Waals surface area contributed by atoms with Crippen molar-refractivity contribution in [3.05, 3.63) is 69.8 Å². The summed E-state index contributed by atoms with van der Waals surface area (Å²) in [6.07, 6.45) is 2.25. The zero-order valence-electron chi connectivity index (χ0n) is 14.9. The second kappa shape index (κ2) is 6.24. The Balaban J connectivity index is 1.98. The van der Waals surface area contributed by atoms with E-state index in [1.165, 1.54) is 5.57 Å². The largest absolute Gasteiger partial charge is 0.497 e. The number of nitrogens with zero attached hydrogens (tertiary/aromatic N) is 2. The van der Waals surface area contributed by atoms with E-state index in [0.717, 1.165) is 22.6 Å². The van der Waals surface area contributed by atoms with Crippen LogP contribution in [0, 0.1) is 10.1 Å². The van der Waals surface area contributed by atoms with Crippen molar-refractivity contribution in [2.45, 2.75) is 32.9 Å². The Morgan fingerprint density at radius 3 is 2.44 bits per heavy atom. The first kappa shape index (κ1) is 17.0. The second-order valence-corrected chi connectivity index (χ2v) is 6.87. The Hall–Kier alpha value is -2.82. The van der Waals surface area contributed by atoms with Crippen LogP contribution in [0.3, 0.4) is 0 Å². The van der Waals surface area contributed by atoms with Gasteiger partial charge in [-0.05, 0) is 50.1 Å². The molecule has 3 rings (SSSR count). The lowest BCUT2D eigenvalue weighted by Gasteiger charge is -2.43. The minimum atomic E-state index is -0.373. The van der Waals surface area contributed by atoms with Gasteiger partial charge in [-0.15, -0.1) is 0 Å². The van der Waals surface area contributed by atoms with Crippen LogP contribution in [-0.4, -0.2) is 17.6 Å². The summed E-state index contributed by atoms with van der Waals surface area (Å²) >= 11 is 0. The van der Waals surface area contributed by atoms with Crippen LogP contribution in [0.4, 0.5) is 11.4 Å². The highest BCUT2D eigenvalue weighted by Gasteiger charge is 2.31. The molecule has 2 aromatic rings. The highest BCUT2D eigenvalue weighted by molar-refractivity contribution is 5.82. The van der Waals surface area contributed by atoms with Gasteiger partial charge in [0, 0.05) is 29.9 Å². The van der Waals surface area contributed by atoms with Crippen LogP contribution in [0.5, 0.6) is 5.75 Å². The molecule has 1 aliphatic rings. The third-order valence-electron chi connectivity index (χ3n) is 4.67. The van der Waals surface area contributed by atoms with Gasteiger partial charge < -0.3 is 9.64 Å². The maximum Gasteiger partial charge on any atom is 0.269 e. The first-order chi connectivity index (χ1) is 11.8. The van der Waals surface area contributed by atoms with E-state index >= 15 is 0 Å². The number of non-ortho nitro benzene ring substituents is 1. The average molecular weight is 338 g/mol. The number of hydrogen-bond acceptors (Lipinski definition) is 4. The molecule has 0 saturated carbocycles. The quantitative estimate of drug-likeness (QED) is 0.593. The van der Waals surface area contributed by atoms with Gasteiger partial charge in [0.05, 0.1) is 17.6 Å². The number of rotatable bonds is 4. The molecule has 1 aliphatic heterocycles. The number of methoxy groups -OCH3 is 1. The molecule has 0 amide bonds. The van der Waals surface area contributed by atoms with Gasteiger partial charge in [0.25, 0.3) is 5.69 Å². The number of hydrogen-bond donors (Lipinski definition) is 0. The maximum atomic E-state index is 10.8. The summed E-state index contributed by atoms with van der Waals surface area (Å²) in [6, 6.07) is 12.9. The molecule has 0 fully saturated rings. The van der Waals surface area contributed by atoms with E-state index in [0.29, 0.717) is 6.54 Å². The predicted octanol–water partition coefficient (Wildman–Crippen LogP) is 4.81. The molecule has 1 heterocycles. The minimum Gasteiger partial charge on any atom is -0.497 e. The monoisotopic (exact) mass is 338 g/mol. The molecule has 0 aliphatic carbocycles. The van der Waals surface area contributed by atoms with Crippen LogP contribution in [0.25, 0.3) is 5.57 Å².